The molecule has 2 aliphatic rings. The van der Waals surface area contributed by atoms with Gasteiger partial charge in [0.2, 0.25) is 5.89 Å². The van der Waals surface area contributed by atoms with Gasteiger partial charge < -0.3 is 23.7 Å². The summed E-state index contributed by atoms with van der Waals surface area (Å²) < 4.78 is 19.4. The van der Waals surface area contributed by atoms with Crippen LogP contribution in [0.1, 0.15) is 0 Å². The molecule has 6 heteroatoms. The first kappa shape index (κ1) is 31.0. The van der Waals surface area contributed by atoms with Gasteiger partial charge in [0, 0.05) is 17.3 Å². The monoisotopic (exact) mass is 709 g/mol. The van der Waals surface area contributed by atoms with Gasteiger partial charge >= 0.3 is 0 Å². The molecule has 260 valence electrons. The second kappa shape index (κ2) is 12.5. The third kappa shape index (κ3) is 5.31. The lowest BCUT2D eigenvalue weighted by Gasteiger charge is -2.33. The molecule has 0 saturated heterocycles. The first-order chi connectivity index (χ1) is 27.2. The number of benzene rings is 8. The molecule has 2 aliphatic heterocycles. The van der Waals surface area contributed by atoms with Crippen LogP contribution in [0.25, 0.3) is 44.8 Å². The highest BCUT2D eigenvalue weighted by Crippen LogP contribution is 2.53. The van der Waals surface area contributed by atoms with E-state index in [9.17, 15) is 0 Å². The molecule has 0 fully saturated rings. The number of anilines is 6. The van der Waals surface area contributed by atoms with Gasteiger partial charge in [0.25, 0.3) is 0 Å². The second-order valence-corrected chi connectivity index (χ2v) is 13.6. The highest BCUT2D eigenvalue weighted by molar-refractivity contribution is 5.92. The molecule has 6 nitrogen and oxygen atoms in total. The Morgan fingerprint density at radius 1 is 0.345 bits per heavy atom. The normalized spacial score (nSPS) is 12.6. The Morgan fingerprint density at radius 3 is 1.40 bits per heavy atom. The SMILES string of the molecule is c1ccc(-c2ccc3c(c2)Oc2ccccc2N3c2ccc(-c3nc4ccc(N5c6ccccc6Oc6cc(-c7ccccc7)ccc65)cc4o3)cc2)cc1. The Morgan fingerprint density at radius 2 is 0.818 bits per heavy atom. The molecule has 0 N–H and O–H groups in total. The summed E-state index contributed by atoms with van der Waals surface area (Å²) in [4.78, 5) is 9.38. The minimum atomic E-state index is 0.560. The number of aromatic nitrogens is 1. The van der Waals surface area contributed by atoms with Crippen LogP contribution >= 0.6 is 0 Å². The topological polar surface area (TPSA) is 51.0 Å². The Kier molecular flexibility index (Phi) is 7.07. The first-order valence-corrected chi connectivity index (χ1v) is 18.3. The summed E-state index contributed by atoms with van der Waals surface area (Å²) in [6, 6.07) is 64.3. The molecule has 0 spiro atoms. The molecule has 0 radical (unpaired) electrons. The van der Waals surface area contributed by atoms with Crippen LogP contribution in [0.3, 0.4) is 0 Å². The van der Waals surface area contributed by atoms with Crippen molar-refractivity contribution in [3.63, 3.8) is 0 Å². The highest BCUT2D eigenvalue weighted by atomic mass is 16.5. The van der Waals surface area contributed by atoms with Crippen LogP contribution in [0.15, 0.2) is 192 Å². The fraction of sp³-hybridized carbons (Fsp3) is 0. The zero-order valence-corrected chi connectivity index (χ0v) is 29.5. The minimum Gasteiger partial charge on any atom is -0.453 e. The number of hydrogen-bond acceptors (Lipinski definition) is 6. The van der Waals surface area contributed by atoms with Crippen molar-refractivity contribution in [3.05, 3.63) is 188 Å². The molecule has 0 amide bonds. The van der Waals surface area contributed by atoms with Crippen molar-refractivity contribution in [1.29, 1.82) is 0 Å². The quantitative estimate of drug-likeness (QED) is 0.177. The number of oxazole rings is 1. The van der Waals surface area contributed by atoms with Crippen molar-refractivity contribution in [2.24, 2.45) is 0 Å². The average Bonchev–Trinajstić information content (AvgIpc) is 3.69. The molecule has 8 aromatic carbocycles. The van der Waals surface area contributed by atoms with Crippen LogP contribution in [-0.2, 0) is 0 Å². The molecular weight excluding hydrogens is 679 g/mol. The lowest BCUT2D eigenvalue weighted by Crippen LogP contribution is -2.15. The van der Waals surface area contributed by atoms with Gasteiger partial charge in [0.1, 0.15) is 5.52 Å². The van der Waals surface area contributed by atoms with Crippen molar-refractivity contribution in [2.75, 3.05) is 9.80 Å². The predicted molar refractivity (Wildman–Crippen MR) is 220 cm³/mol. The van der Waals surface area contributed by atoms with Gasteiger partial charge in [0.15, 0.2) is 28.6 Å². The van der Waals surface area contributed by atoms with Crippen LogP contribution in [0.5, 0.6) is 23.0 Å². The zero-order valence-electron chi connectivity index (χ0n) is 29.5. The summed E-state index contributed by atoms with van der Waals surface area (Å²) in [5, 5.41) is 0. The molecule has 0 bridgehead atoms. The van der Waals surface area contributed by atoms with Crippen LogP contribution < -0.4 is 19.3 Å². The number of rotatable bonds is 5. The summed E-state index contributed by atoms with van der Waals surface area (Å²) in [6.07, 6.45) is 0. The summed E-state index contributed by atoms with van der Waals surface area (Å²) in [5.74, 6) is 3.76. The fourth-order valence-electron chi connectivity index (χ4n) is 7.62. The Labute approximate surface area is 317 Å². The number of para-hydroxylation sites is 4. The van der Waals surface area contributed by atoms with Gasteiger partial charge in [-0.2, -0.15) is 0 Å². The van der Waals surface area contributed by atoms with E-state index in [1.165, 1.54) is 0 Å². The molecule has 3 heterocycles. The molecular formula is C49H31N3O3. The summed E-state index contributed by atoms with van der Waals surface area (Å²) in [5.41, 5.74) is 12.7. The molecule has 55 heavy (non-hydrogen) atoms. The van der Waals surface area contributed by atoms with E-state index in [1.807, 2.05) is 54.6 Å². The standard InChI is InChI=1S/C49H31N3O3/c1-3-11-32(12-4-1)35-21-27-42-47(29-35)53-44-17-9-7-15-40(44)51(42)37-23-19-34(20-24-37)49-50-39-26-25-38(31-46(39)55-49)52-41-16-8-10-18-45(41)54-48-30-36(22-28-43(48)52)33-13-5-2-6-14-33/h1-31H. The second-order valence-electron chi connectivity index (χ2n) is 13.6. The van der Waals surface area contributed by atoms with E-state index < -0.39 is 0 Å². The van der Waals surface area contributed by atoms with E-state index in [1.54, 1.807) is 0 Å². The van der Waals surface area contributed by atoms with Gasteiger partial charge in [0.05, 0.1) is 28.4 Å². The van der Waals surface area contributed by atoms with E-state index in [0.29, 0.717) is 11.5 Å². The van der Waals surface area contributed by atoms with Gasteiger partial charge in [-0.1, -0.05) is 97.1 Å². The third-order valence-electron chi connectivity index (χ3n) is 10.3. The van der Waals surface area contributed by atoms with Crippen molar-refractivity contribution < 1.29 is 13.9 Å². The smallest absolute Gasteiger partial charge is 0.227 e. The summed E-state index contributed by atoms with van der Waals surface area (Å²) >= 11 is 0. The third-order valence-corrected chi connectivity index (χ3v) is 10.3. The molecule has 0 atom stereocenters. The van der Waals surface area contributed by atoms with Crippen molar-refractivity contribution in [2.45, 2.75) is 0 Å². The van der Waals surface area contributed by atoms with Crippen LogP contribution in [0.2, 0.25) is 0 Å². The summed E-state index contributed by atoms with van der Waals surface area (Å²) in [6.45, 7) is 0. The highest BCUT2D eigenvalue weighted by Gasteiger charge is 2.28. The van der Waals surface area contributed by atoms with Crippen LogP contribution in [-0.4, -0.2) is 4.98 Å². The number of nitrogens with zero attached hydrogens (tertiary/aromatic N) is 3. The molecule has 0 saturated carbocycles. The van der Waals surface area contributed by atoms with Crippen molar-refractivity contribution in [3.8, 4) is 56.7 Å². The molecule has 9 aromatic rings. The molecule has 11 rings (SSSR count). The average molecular weight is 710 g/mol. The van der Waals surface area contributed by atoms with E-state index in [-0.39, 0.29) is 0 Å². The molecule has 0 aliphatic carbocycles. The first-order valence-electron chi connectivity index (χ1n) is 18.3. The van der Waals surface area contributed by atoms with Gasteiger partial charge in [-0.05, 0) is 107 Å². The maximum Gasteiger partial charge on any atom is 0.227 e. The van der Waals surface area contributed by atoms with Crippen molar-refractivity contribution in [1.82, 2.24) is 4.98 Å². The number of ether oxygens (including phenoxy) is 2. The van der Waals surface area contributed by atoms with Crippen molar-refractivity contribution >= 4 is 45.2 Å². The minimum absolute atomic E-state index is 0.560. The Balaban J connectivity index is 0.933. The van der Waals surface area contributed by atoms with E-state index in [4.69, 9.17) is 18.9 Å². The number of hydrogen-bond donors (Lipinski definition) is 0. The number of fused-ring (bicyclic) bond motifs is 5. The predicted octanol–water partition coefficient (Wildman–Crippen LogP) is 14.0. The van der Waals surface area contributed by atoms with Gasteiger partial charge in [-0.25, -0.2) is 4.98 Å². The zero-order chi connectivity index (χ0) is 36.3. The molecule has 1 aromatic heterocycles. The Hall–Kier alpha value is -7.57. The van der Waals surface area contributed by atoms with Crippen LogP contribution in [0.4, 0.5) is 34.1 Å². The van der Waals surface area contributed by atoms with Gasteiger partial charge in [-0.15, -0.1) is 0 Å². The van der Waals surface area contributed by atoms with E-state index in [0.717, 1.165) is 90.5 Å². The Bertz CT molecular complexity index is 2890. The van der Waals surface area contributed by atoms with Gasteiger partial charge in [-0.3, -0.25) is 0 Å². The van der Waals surface area contributed by atoms with Crippen LogP contribution in [0, 0.1) is 0 Å². The molecule has 0 unspecified atom stereocenters. The maximum absolute atomic E-state index is 6.49. The maximum atomic E-state index is 6.49. The van der Waals surface area contributed by atoms with E-state index in [2.05, 4.69) is 143 Å². The fourth-order valence-corrected chi connectivity index (χ4v) is 7.62. The largest absolute Gasteiger partial charge is 0.453 e. The lowest BCUT2D eigenvalue weighted by molar-refractivity contribution is 0.477. The lowest BCUT2D eigenvalue weighted by atomic mass is 10.0. The summed E-state index contributed by atoms with van der Waals surface area (Å²) in [7, 11) is 0. The van der Waals surface area contributed by atoms with E-state index >= 15 is 0 Å².